The van der Waals surface area contributed by atoms with E-state index in [0.29, 0.717) is 0 Å². The van der Waals surface area contributed by atoms with Gasteiger partial charge in [-0.25, -0.2) is 4.98 Å². The van der Waals surface area contributed by atoms with Crippen LogP contribution in [0.25, 0.3) is 28.0 Å². The van der Waals surface area contributed by atoms with Crippen LogP contribution in [0, 0.1) is 0 Å². The molecule has 5 aromatic rings. The van der Waals surface area contributed by atoms with Crippen LogP contribution < -0.4 is 10.6 Å². The number of imidazole rings is 1. The third-order valence-corrected chi connectivity index (χ3v) is 12.4. The molecule has 4 atom stereocenters. The van der Waals surface area contributed by atoms with Crippen molar-refractivity contribution in [1.82, 2.24) is 30.4 Å². The Kier molecular flexibility index (Phi) is 13.4. The molecule has 310 valence electrons. The number of carbonyl (C=O) groups is 2. The van der Waals surface area contributed by atoms with Crippen LogP contribution in [0.4, 0.5) is 0 Å². The molecule has 3 aliphatic heterocycles. The fourth-order valence-electron chi connectivity index (χ4n) is 9.06. The van der Waals surface area contributed by atoms with Crippen LogP contribution in [0.2, 0.25) is 0 Å². The first-order valence-corrected chi connectivity index (χ1v) is 22.2. The maximum Gasteiger partial charge on any atom is 0.244 e. The summed E-state index contributed by atoms with van der Waals surface area (Å²) in [6.07, 6.45) is 12.6. The Labute approximate surface area is 355 Å². The summed E-state index contributed by atoms with van der Waals surface area (Å²) in [7, 11) is 0. The number of aromatic nitrogens is 2. The predicted molar refractivity (Wildman–Crippen MR) is 242 cm³/mol. The first kappa shape index (κ1) is 41.1. The summed E-state index contributed by atoms with van der Waals surface area (Å²) in [4.78, 5) is 45.5. The summed E-state index contributed by atoms with van der Waals surface area (Å²) >= 11 is 0. The lowest BCUT2D eigenvalue weighted by Crippen LogP contribution is -2.46. The molecule has 2 amide bonds. The zero-order chi connectivity index (χ0) is 41.3. The molecule has 60 heavy (non-hydrogen) atoms. The van der Waals surface area contributed by atoms with E-state index >= 15 is 0 Å². The maximum atomic E-state index is 14.1. The third kappa shape index (κ3) is 9.23. The zero-order valence-electron chi connectivity index (χ0n) is 35.2. The molecule has 1 aromatic heterocycles. The lowest BCUT2D eigenvalue weighted by Gasteiger charge is -2.30. The number of benzene rings is 4. The fourth-order valence-corrected chi connectivity index (χ4v) is 9.06. The molecule has 0 bridgehead atoms. The second kappa shape index (κ2) is 19.6. The molecule has 3 aliphatic rings. The number of carbonyl (C=O) groups excluding carboxylic acids is 2. The lowest BCUT2D eigenvalue weighted by atomic mass is 9.96. The fraction of sp³-hybridized carbons (Fsp3) is 0.373. The van der Waals surface area contributed by atoms with Gasteiger partial charge in [0.2, 0.25) is 11.8 Å². The van der Waals surface area contributed by atoms with Gasteiger partial charge in [-0.2, -0.15) is 0 Å². The molecule has 9 nitrogen and oxygen atoms in total. The number of hydrogen-bond donors (Lipinski definition) is 3. The number of aromatic amines is 1. The van der Waals surface area contributed by atoms with Gasteiger partial charge in [0.1, 0.15) is 17.9 Å². The molecule has 2 fully saturated rings. The van der Waals surface area contributed by atoms with Crippen LogP contribution in [0.5, 0.6) is 0 Å². The number of hydrogen-bond acceptors (Lipinski definition) is 6. The van der Waals surface area contributed by atoms with Gasteiger partial charge in [0.25, 0.3) is 0 Å². The van der Waals surface area contributed by atoms with Gasteiger partial charge in [-0.3, -0.25) is 14.6 Å². The van der Waals surface area contributed by atoms with Crippen molar-refractivity contribution in [3.8, 4) is 22.4 Å². The molecule has 0 unspecified atom stereocenters. The Balaban J connectivity index is 0.889. The van der Waals surface area contributed by atoms with Crippen molar-refractivity contribution in [3.63, 3.8) is 0 Å². The van der Waals surface area contributed by atoms with Crippen LogP contribution in [-0.4, -0.2) is 69.5 Å². The van der Waals surface area contributed by atoms with E-state index in [1.54, 1.807) is 0 Å². The van der Waals surface area contributed by atoms with Crippen molar-refractivity contribution in [2.24, 2.45) is 4.99 Å². The summed E-state index contributed by atoms with van der Waals surface area (Å²) in [5, 5.41) is 7.10. The van der Waals surface area contributed by atoms with Crippen LogP contribution >= 0.6 is 0 Å². The van der Waals surface area contributed by atoms with Crippen molar-refractivity contribution in [3.05, 3.63) is 144 Å². The van der Waals surface area contributed by atoms with E-state index in [1.807, 2.05) is 65.8 Å². The summed E-state index contributed by atoms with van der Waals surface area (Å²) < 4.78 is 0. The van der Waals surface area contributed by atoms with Crippen LogP contribution in [0.3, 0.4) is 0 Å². The maximum absolute atomic E-state index is 14.1. The SMILES string of the molecule is CCCCN[C@@H](C(=O)N1CCC[C@H]1C1=NC=C(c2ccc(-c3ccc(-c4cnc([C@@H]5CCCN5C(=O)[C@H](NCCCC)c5ccccc5)[nH]4)cc3)cc2)C1)c1ccccc1. The Morgan fingerprint density at radius 2 is 1.17 bits per heavy atom. The Morgan fingerprint density at radius 3 is 1.72 bits per heavy atom. The average molecular weight is 802 g/mol. The third-order valence-electron chi connectivity index (χ3n) is 12.4. The number of H-pyrrole nitrogens is 1. The van der Waals surface area contributed by atoms with Crippen molar-refractivity contribution in [2.75, 3.05) is 26.2 Å². The molecule has 0 radical (unpaired) electrons. The first-order valence-electron chi connectivity index (χ1n) is 22.2. The van der Waals surface area contributed by atoms with Gasteiger partial charge >= 0.3 is 0 Å². The number of nitrogens with one attached hydrogen (secondary N) is 3. The summed E-state index contributed by atoms with van der Waals surface area (Å²) in [6, 6.07) is 36.8. The quantitative estimate of drug-likeness (QED) is 0.0813. The smallest absolute Gasteiger partial charge is 0.244 e. The minimum atomic E-state index is -0.369. The van der Waals surface area contributed by atoms with E-state index in [-0.39, 0.29) is 36.0 Å². The molecule has 0 saturated carbocycles. The number of nitrogens with zero attached hydrogens (tertiary/aromatic N) is 4. The molecule has 0 aliphatic carbocycles. The van der Waals surface area contributed by atoms with E-state index in [0.717, 1.165) is 135 Å². The number of unbranched alkanes of at least 4 members (excludes halogenated alkanes) is 2. The Morgan fingerprint density at radius 1 is 0.667 bits per heavy atom. The van der Waals surface area contributed by atoms with E-state index in [9.17, 15) is 9.59 Å². The number of aliphatic imine (C=N–C) groups is 1. The summed E-state index contributed by atoms with van der Waals surface area (Å²) in [5.41, 5.74) is 9.73. The van der Waals surface area contributed by atoms with Gasteiger partial charge in [-0.15, -0.1) is 0 Å². The van der Waals surface area contributed by atoms with Gasteiger partial charge < -0.3 is 25.4 Å². The molecule has 2 saturated heterocycles. The highest BCUT2D eigenvalue weighted by Gasteiger charge is 2.38. The molecule has 8 rings (SSSR count). The second-order valence-corrected chi connectivity index (χ2v) is 16.5. The van der Waals surface area contributed by atoms with Crippen LogP contribution in [-0.2, 0) is 9.59 Å². The molecule has 0 spiro atoms. The highest BCUT2D eigenvalue weighted by molar-refractivity contribution is 6.03. The van der Waals surface area contributed by atoms with Gasteiger partial charge in [-0.05, 0) is 90.6 Å². The number of rotatable bonds is 17. The van der Waals surface area contributed by atoms with Crippen molar-refractivity contribution < 1.29 is 9.59 Å². The average Bonchev–Trinajstić information content (AvgIpc) is 4.15. The standard InChI is InChI=1S/C51H59N7O2/c1-3-5-29-52-47(40-15-9-7-10-16-40)50(59)57-31-13-19-45(57)43-33-42(34-54-43)38-23-21-36(22-24-38)37-25-27-39(28-26-37)44-35-55-49(56-44)46-20-14-32-58(46)51(60)48(53-30-6-4-2)41-17-11-8-12-18-41/h7-12,15-18,21-28,34-35,45-48,52-53H,3-6,13-14,19-20,29-33H2,1-2H3,(H,55,56)/t45-,46-,47+,48+/m0/s1. The van der Waals surface area contributed by atoms with Crippen LogP contribution in [0.1, 0.15) is 112 Å². The molecule has 9 heteroatoms. The second-order valence-electron chi connectivity index (χ2n) is 16.5. The molecule has 3 N–H and O–H groups in total. The van der Waals surface area contributed by atoms with E-state index in [2.05, 4.69) is 95.0 Å². The predicted octanol–water partition coefficient (Wildman–Crippen LogP) is 9.85. The molecule has 4 heterocycles. The Bertz CT molecular complexity index is 2250. The van der Waals surface area contributed by atoms with Crippen molar-refractivity contribution in [2.45, 2.75) is 95.8 Å². The number of amides is 2. The van der Waals surface area contributed by atoms with E-state index in [1.165, 1.54) is 5.57 Å². The largest absolute Gasteiger partial charge is 0.340 e. The van der Waals surface area contributed by atoms with E-state index < -0.39 is 0 Å². The number of likely N-dealkylation sites (tertiary alicyclic amines) is 2. The monoisotopic (exact) mass is 801 g/mol. The van der Waals surface area contributed by atoms with Crippen molar-refractivity contribution >= 4 is 23.1 Å². The van der Waals surface area contributed by atoms with E-state index in [4.69, 9.17) is 9.98 Å². The molecular weight excluding hydrogens is 743 g/mol. The van der Waals surface area contributed by atoms with Gasteiger partial charge in [-0.1, -0.05) is 136 Å². The first-order chi connectivity index (χ1) is 29.5. The topological polar surface area (TPSA) is 106 Å². The summed E-state index contributed by atoms with van der Waals surface area (Å²) in [6.45, 7) is 7.45. The minimum absolute atomic E-state index is 0.0263. The van der Waals surface area contributed by atoms with Gasteiger partial charge in [0, 0.05) is 31.4 Å². The highest BCUT2D eigenvalue weighted by atomic mass is 16.2. The molecular formula is C51H59N7O2. The zero-order valence-corrected chi connectivity index (χ0v) is 35.2. The minimum Gasteiger partial charge on any atom is -0.340 e. The lowest BCUT2D eigenvalue weighted by molar-refractivity contribution is -0.135. The van der Waals surface area contributed by atoms with Crippen molar-refractivity contribution in [1.29, 1.82) is 0 Å². The van der Waals surface area contributed by atoms with Crippen LogP contribution in [0.15, 0.2) is 127 Å². The number of allylic oxidation sites excluding steroid dienone is 1. The molecule has 4 aromatic carbocycles. The Hall–Kier alpha value is -5.64. The highest BCUT2D eigenvalue weighted by Crippen LogP contribution is 2.36. The van der Waals surface area contributed by atoms with Gasteiger partial charge in [0.05, 0.1) is 24.0 Å². The van der Waals surface area contributed by atoms with Gasteiger partial charge in [0.15, 0.2) is 0 Å². The normalized spacial score (nSPS) is 18.7. The summed E-state index contributed by atoms with van der Waals surface area (Å²) in [5.74, 6) is 1.10.